The zero-order valence-electron chi connectivity index (χ0n) is 17.6. The fourth-order valence-corrected chi connectivity index (χ4v) is 5.39. The number of hydrogen-bond donors (Lipinski definition) is 1. The predicted molar refractivity (Wildman–Crippen MR) is 121 cm³/mol. The number of fused-ring (bicyclic) bond motifs is 1. The number of phenolic OH excluding ortho intramolecular Hbond substituents is 1. The quantitative estimate of drug-likeness (QED) is 0.749. The largest absolute Gasteiger partial charge is 0.507 e. The number of benzene rings is 1. The van der Waals surface area contributed by atoms with E-state index in [2.05, 4.69) is 16.8 Å². The third-order valence-electron chi connectivity index (χ3n) is 6.69. The maximum atomic E-state index is 10.5. The summed E-state index contributed by atoms with van der Waals surface area (Å²) < 4.78 is 0. The Hall–Kier alpha value is -2.38. The van der Waals surface area contributed by atoms with E-state index in [4.69, 9.17) is 26.6 Å². The SMILES string of the molecule is Cc1cc(Cl)cc(O)c1C1=NC2C=C(N=CC(N3CCC4(CCN(C)C4)C3)=N2)N1C. The fraction of sp³-hybridized carbons (Fsp3) is 0.500. The molecule has 5 rings (SSSR count). The molecule has 30 heavy (non-hydrogen) atoms. The third kappa shape index (κ3) is 3.30. The highest BCUT2D eigenvalue weighted by atomic mass is 35.5. The number of hydrogen-bond acceptors (Lipinski definition) is 7. The molecule has 1 N–H and O–H groups in total. The predicted octanol–water partition coefficient (Wildman–Crippen LogP) is 2.72. The highest BCUT2D eigenvalue weighted by Gasteiger charge is 2.43. The maximum Gasteiger partial charge on any atom is 0.166 e. The van der Waals surface area contributed by atoms with Gasteiger partial charge in [0.2, 0.25) is 0 Å². The summed E-state index contributed by atoms with van der Waals surface area (Å²) in [5, 5.41) is 11.0. The lowest BCUT2D eigenvalue weighted by molar-refractivity contribution is 0.293. The number of halogens is 1. The number of aromatic hydroxyl groups is 1. The summed E-state index contributed by atoms with van der Waals surface area (Å²) in [5.74, 6) is 2.45. The summed E-state index contributed by atoms with van der Waals surface area (Å²) in [6, 6.07) is 3.38. The Kier molecular flexibility index (Phi) is 4.63. The molecule has 0 amide bonds. The molecule has 2 saturated heterocycles. The van der Waals surface area contributed by atoms with Crippen molar-refractivity contribution < 1.29 is 5.11 Å². The summed E-state index contributed by atoms with van der Waals surface area (Å²) in [6.07, 6.45) is 5.91. The van der Waals surface area contributed by atoms with E-state index in [1.807, 2.05) is 37.2 Å². The van der Waals surface area contributed by atoms with Crippen molar-refractivity contribution in [3.05, 3.63) is 40.2 Å². The minimum absolute atomic E-state index is 0.116. The molecule has 1 aromatic carbocycles. The molecule has 7 nitrogen and oxygen atoms in total. The Morgan fingerprint density at radius 1 is 1.13 bits per heavy atom. The summed E-state index contributed by atoms with van der Waals surface area (Å²) >= 11 is 6.09. The van der Waals surface area contributed by atoms with Gasteiger partial charge < -0.3 is 19.8 Å². The van der Waals surface area contributed by atoms with Crippen LogP contribution in [0.1, 0.15) is 24.0 Å². The van der Waals surface area contributed by atoms with Gasteiger partial charge in [-0.15, -0.1) is 0 Å². The van der Waals surface area contributed by atoms with Crippen LogP contribution in [0.25, 0.3) is 0 Å². The Labute approximate surface area is 182 Å². The van der Waals surface area contributed by atoms with E-state index in [1.165, 1.54) is 19.4 Å². The number of rotatable bonds is 1. The first-order valence-electron chi connectivity index (χ1n) is 10.4. The van der Waals surface area contributed by atoms with Crippen LogP contribution in [-0.2, 0) is 0 Å². The molecular weight excluding hydrogens is 400 g/mol. The summed E-state index contributed by atoms with van der Waals surface area (Å²) in [6.45, 7) is 6.27. The van der Waals surface area contributed by atoms with E-state index in [-0.39, 0.29) is 11.9 Å². The second-order valence-electron chi connectivity index (χ2n) is 8.97. The average Bonchev–Trinajstić information content (AvgIpc) is 3.20. The standard InChI is InChI=1S/C22H27ClN6O/c1-14-8-15(23)9-16(30)20(14)21-26-17-10-18(28(21)3)24-11-19(25-17)29-7-5-22(13-29)4-6-27(2)12-22/h8-11,17,30H,4-7,12-13H2,1-3H3. The van der Waals surface area contributed by atoms with Gasteiger partial charge in [-0.1, -0.05) is 11.6 Å². The van der Waals surface area contributed by atoms with Crippen LogP contribution in [0, 0.1) is 12.3 Å². The Balaban J connectivity index is 1.45. The Morgan fingerprint density at radius 3 is 2.67 bits per heavy atom. The first kappa shape index (κ1) is 19.6. The van der Waals surface area contributed by atoms with Crippen molar-refractivity contribution in [2.24, 2.45) is 20.4 Å². The van der Waals surface area contributed by atoms with E-state index in [1.54, 1.807) is 6.07 Å². The van der Waals surface area contributed by atoms with Crippen LogP contribution in [0.3, 0.4) is 0 Å². The van der Waals surface area contributed by atoms with Gasteiger partial charge in [-0.25, -0.2) is 15.0 Å². The number of amidine groups is 2. The van der Waals surface area contributed by atoms with Crippen molar-refractivity contribution in [3.63, 3.8) is 0 Å². The molecule has 0 aromatic heterocycles. The van der Waals surface area contributed by atoms with E-state index in [0.717, 1.165) is 36.9 Å². The van der Waals surface area contributed by atoms with Gasteiger partial charge in [0.15, 0.2) is 6.17 Å². The second kappa shape index (κ2) is 7.10. The molecule has 1 spiro atoms. The molecule has 2 unspecified atom stereocenters. The van der Waals surface area contributed by atoms with Gasteiger partial charge in [0.25, 0.3) is 0 Å². The molecule has 8 heteroatoms. The van der Waals surface area contributed by atoms with Gasteiger partial charge in [-0.2, -0.15) is 0 Å². The zero-order valence-corrected chi connectivity index (χ0v) is 18.4. The molecule has 0 radical (unpaired) electrons. The molecule has 4 heterocycles. The van der Waals surface area contributed by atoms with Crippen LogP contribution >= 0.6 is 11.6 Å². The lowest BCUT2D eigenvalue weighted by Crippen LogP contribution is -2.34. The van der Waals surface area contributed by atoms with Crippen LogP contribution in [0.5, 0.6) is 5.75 Å². The minimum Gasteiger partial charge on any atom is -0.507 e. The van der Waals surface area contributed by atoms with E-state index in [9.17, 15) is 5.11 Å². The van der Waals surface area contributed by atoms with E-state index < -0.39 is 0 Å². The summed E-state index contributed by atoms with van der Waals surface area (Å²) in [7, 11) is 4.12. The number of aryl methyl sites for hydroxylation is 1. The second-order valence-corrected chi connectivity index (χ2v) is 9.41. The first-order valence-corrected chi connectivity index (χ1v) is 10.8. The van der Waals surface area contributed by atoms with Gasteiger partial charge in [-0.3, -0.25) is 0 Å². The third-order valence-corrected chi connectivity index (χ3v) is 6.90. The molecule has 2 atom stereocenters. The van der Waals surface area contributed by atoms with Crippen LogP contribution in [0.4, 0.5) is 0 Å². The zero-order chi connectivity index (χ0) is 21.0. The number of nitrogens with zero attached hydrogens (tertiary/aromatic N) is 6. The lowest BCUT2D eigenvalue weighted by atomic mass is 9.86. The van der Waals surface area contributed by atoms with Gasteiger partial charge >= 0.3 is 0 Å². The van der Waals surface area contributed by atoms with Crippen LogP contribution in [0.2, 0.25) is 5.02 Å². The van der Waals surface area contributed by atoms with Gasteiger partial charge in [-0.05, 0) is 51.1 Å². The van der Waals surface area contributed by atoms with Gasteiger partial charge in [0, 0.05) is 43.2 Å². The minimum atomic E-state index is -0.360. The lowest BCUT2D eigenvalue weighted by Gasteiger charge is -2.27. The highest BCUT2D eigenvalue weighted by Crippen LogP contribution is 2.39. The molecular formula is C22H27ClN6O. The van der Waals surface area contributed by atoms with Crippen molar-refractivity contribution in [1.82, 2.24) is 14.7 Å². The summed E-state index contributed by atoms with van der Waals surface area (Å²) in [4.78, 5) is 21.2. The smallest absolute Gasteiger partial charge is 0.166 e. The van der Waals surface area contributed by atoms with Crippen molar-refractivity contribution in [1.29, 1.82) is 0 Å². The first-order chi connectivity index (χ1) is 14.3. The van der Waals surface area contributed by atoms with Crippen molar-refractivity contribution in [2.45, 2.75) is 25.9 Å². The molecule has 158 valence electrons. The molecule has 1 aromatic rings. The Bertz CT molecular complexity index is 992. The maximum absolute atomic E-state index is 10.5. The van der Waals surface area contributed by atoms with Crippen molar-refractivity contribution >= 4 is 29.5 Å². The van der Waals surface area contributed by atoms with Crippen LogP contribution in [0.15, 0.2) is 39.0 Å². The fourth-order valence-electron chi connectivity index (χ4n) is 5.13. The van der Waals surface area contributed by atoms with Gasteiger partial charge in [0.1, 0.15) is 23.2 Å². The van der Waals surface area contributed by atoms with E-state index >= 15 is 0 Å². The molecule has 4 aliphatic rings. The van der Waals surface area contributed by atoms with Crippen LogP contribution < -0.4 is 0 Å². The molecule has 2 fully saturated rings. The van der Waals surface area contributed by atoms with Crippen LogP contribution in [-0.4, -0.2) is 84.1 Å². The van der Waals surface area contributed by atoms with Gasteiger partial charge in [0.05, 0.1) is 11.8 Å². The molecule has 2 bridgehead atoms. The average molecular weight is 427 g/mol. The number of likely N-dealkylation sites (tertiary alicyclic amines) is 2. The number of phenols is 1. The topological polar surface area (TPSA) is 67.0 Å². The monoisotopic (exact) mass is 426 g/mol. The Morgan fingerprint density at radius 2 is 1.93 bits per heavy atom. The number of aliphatic imine (C=N–C) groups is 3. The van der Waals surface area contributed by atoms with E-state index in [0.29, 0.717) is 21.8 Å². The summed E-state index contributed by atoms with van der Waals surface area (Å²) in [5.41, 5.74) is 1.91. The molecule has 0 aliphatic carbocycles. The molecule has 4 aliphatic heterocycles. The van der Waals surface area contributed by atoms with Crippen molar-refractivity contribution in [2.75, 3.05) is 40.3 Å². The highest BCUT2D eigenvalue weighted by molar-refractivity contribution is 6.31. The normalized spacial score (nSPS) is 28.7. The van der Waals surface area contributed by atoms with Crippen molar-refractivity contribution in [3.8, 4) is 5.75 Å². The molecule has 0 saturated carbocycles.